The summed E-state index contributed by atoms with van der Waals surface area (Å²) < 4.78 is 23.5. The highest BCUT2D eigenvalue weighted by molar-refractivity contribution is 9.11. The van der Waals surface area contributed by atoms with E-state index in [1.165, 1.54) is 0 Å². The molecule has 2 aliphatic rings. The van der Waals surface area contributed by atoms with Crippen LogP contribution in [0.4, 0.5) is 0 Å². The molecule has 4 atom stereocenters. The highest BCUT2D eigenvalue weighted by Crippen LogP contribution is 2.52. The smallest absolute Gasteiger partial charge is 0.165 e. The Bertz CT molecular complexity index is 358. The van der Waals surface area contributed by atoms with Crippen LogP contribution in [0.3, 0.4) is 0 Å². The monoisotopic (exact) mass is 345 g/mol. The van der Waals surface area contributed by atoms with E-state index in [4.69, 9.17) is 0 Å². The van der Waals surface area contributed by atoms with Crippen molar-refractivity contribution >= 4 is 49.3 Å². The van der Waals surface area contributed by atoms with Gasteiger partial charge in [-0.1, -0.05) is 29.8 Å². The van der Waals surface area contributed by atoms with Crippen LogP contribution in [-0.2, 0) is 9.84 Å². The van der Waals surface area contributed by atoms with Crippen LogP contribution < -0.4 is 0 Å². The molecule has 2 aliphatic heterocycles. The number of alkyl halides is 1. The van der Waals surface area contributed by atoms with Crippen molar-refractivity contribution in [2.75, 3.05) is 18.8 Å². The summed E-state index contributed by atoms with van der Waals surface area (Å²) in [7, 11) is -2.89. The second-order valence-corrected chi connectivity index (χ2v) is 10.6. The first-order valence-corrected chi connectivity index (χ1v) is 9.92. The van der Waals surface area contributed by atoms with Gasteiger partial charge in [0.2, 0.25) is 0 Å². The van der Waals surface area contributed by atoms with Crippen molar-refractivity contribution in [2.24, 2.45) is 0 Å². The maximum Gasteiger partial charge on any atom is 0.165 e. The number of sulfone groups is 1. The minimum absolute atomic E-state index is 0.223. The first-order valence-electron chi connectivity index (χ1n) is 5.40. The van der Waals surface area contributed by atoms with Gasteiger partial charge >= 0.3 is 0 Å². The Morgan fingerprint density at radius 1 is 1.31 bits per heavy atom. The van der Waals surface area contributed by atoms with Crippen LogP contribution in [0, 0.1) is 0 Å². The van der Waals surface area contributed by atoms with E-state index >= 15 is 0 Å². The summed E-state index contributed by atoms with van der Waals surface area (Å²) in [6, 6.07) is 0. The fourth-order valence-corrected chi connectivity index (χ4v) is 10.4. The van der Waals surface area contributed by atoms with Crippen molar-refractivity contribution in [1.29, 1.82) is 0 Å². The normalized spacial score (nSPS) is 41.5. The van der Waals surface area contributed by atoms with E-state index in [1.807, 2.05) is 23.5 Å². The van der Waals surface area contributed by atoms with Gasteiger partial charge in [0, 0.05) is 10.5 Å². The Labute approximate surface area is 114 Å². The third kappa shape index (κ3) is 2.30. The van der Waals surface area contributed by atoms with Gasteiger partial charge in [0.15, 0.2) is 9.84 Å². The standard InChI is InChI=1S/C9H16BrNO2S3/c1-3-11(4-2)9-14-6-5-16(12,13)8(10)7(6)15-9/h6-9H,3-5H2,1-2H3/t6-,7+,8-,9-/m1/s1. The molecular formula is C9H16BrNO2S3. The first kappa shape index (κ1) is 13.5. The van der Waals surface area contributed by atoms with Crippen LogP contribution in [-0.4, -0.2) is 51.5 Å². The second-order valence-electron chi connectivity index (χ2n) is 3.98. The molecule has 2 saturated heterocycles. The van der Waals surface area contributed by atoms with Gasteiger partial charge in [-0.2, -0.15) is 0 Å². The number of rotatable bonds is 3. The van der Waals surface area contributed by atoms with E-state index in [2.05, 4.69) is 34.7 Å². The van der Waals surface area contributed by atoms with Gasteiger partial charge in [-0.3, -0.25) is 4.90 Å². The van der Waals surface area contributed by atoms with Gasteiger partial charge in [0.05, 0.1) is 5.75 Å². The van der Waals surface area contributed by atoms with Crippen LogP contribution in [0.5, 0.6) is 0 Å². The molecular weight excluding hydrogens is 330 g/mol. The van der Waals surface area contributed by atoms with Crippen molar-refractivity contribution in [3.8, 4) is 0 Å². The lowest BCUT2D eigenvalue weighted by atomic mass is 10.4. The highest BCUT2D eigenvalue weighted by atomic mass is 79.9. The lowest BCUT2D eigenvalue weighted by Gasteiger charge is -2.25. The quantitative estimate of drug-likeness (QED) is 0.731. The molecule has 0 unspecified atom stereocenters. The van der Waals surface area contributed by atoms with E-state index in [-0.39, 0.29) is 14.7 Å². The molecule has 16 heavy (non-hydrogen) atoms. The van der Waals surface area contributed by atoms with Gasteiger partial charge in [-0.25, -0.2) is 8.42 Å². The van der Waals surface area contributed by atoms with E-state index < -0.39 is 9.84 Å². The van der Waals surface area contributed by atoms with Crippen LogP contribution in [0.15, 0.2) is 0 Å². The summed E-state index contributed by atoms with van der Waals surface area (Å²) >= 11 is 6.98. The molecule has 2 fully saturated rings. The van der Waals surface area contributed by atoms with Gasteiger partial charge < -0.3 is 0 Å². The summed E-state index contributed by atoms with van der Waals surface area (Å²) in [6.45, 7) is 6.36. The molecule has 2 rings (SSSR count). The Morgan fingerprint density at radius 3 is 2.44 bits per heavy atom. The molecule has 0 radical (unpaired) electrons. The lowest BCUT2D eigenvalue weighted by molar-refractivity contribution is 0.340. The summed E-state index contributed by atoms with van der Waals surface area (Å²) in [4.78, 5) is 2.39. The molecule has 3 nitrogen and oxygen atoms in total. The van der Waals surface area contributed by atoms with E-state index in [1.54, 1.807) is 0 Å². The number of hydrogen-bond donors (Lipinski definition) is 0. The van der Waals surface area contributed by atoms with Crippen LogP contribution in [0.25, 0.3) is 0 Å². The SMILES string of the molecule is CCN(CC)[C@H]1S[C@H]2[C@@H](CS(=O)(=O)[C@H]2Br)S1. The Kier molecular flexibility index (Phi) is 4.22. The van der Waals surface area contributed by atoms with E-state index in [0.717, 1.165) is 13.1 Å². The summed E-state index contributed by atoms with van der Waals surface area (Å²) in [5, 5.41) is 0.491. The topological polar surface area (TPSA) is 37.4 Å². The molecule has 94 valence electrons. The lowest BCUT2D eigenvalue weighted by Crippen LogP contribution is -2.30. The predicted molar refractivity (Wildman–Crippen MR) is 76.0 cm³/mol. The molecule has 0 N–H and O–H groups in total. The zero-order valence-electron chi connectivity index (χ0n) is 9.30. The molecule has 0 saturated carbocycles. The number of fused-ring (bicyclic) bond motifs is 1. The minimum Gasteiger partial charge on any atom is -0.284 e. The molecule has 0 amide bonds. The van der Waals surface area contributed by atoms with Gasteiger partial charge in [-0.15, -0.1) is 23.5 Å². The molecule has 2 heterocycles. The third-order valence-corrected chi connectivity index (χ3v) is 11.5. The summed E-state index contributed by atoms with van der Waals surface area (Å²) in [6.07, 6.45) is 0. The van der Waals surface area contributed by atoms with Crippen molar-refractivity contribution in [1.82, 2.24) is 4.90 Å². The zero-order valence-corrected chi connectivity index (χ0v) is 13.3. The van der Waals surface area contributed by atoms with Crippen molar-refractivity contribution in [3.63, 3.8) is 0 Å². The molecule has 0 aromatic rings. The number of thioether (sulfide) groups is 2. The molecule has 0 bridgehead atoms. The maximum absolute atomic E-state index is 11.7. The summed E-state index contributed by atoms with van der Waals surface area (Å²) in [5.41, 5.74) is 0. The highest BCUT2D eigenvalue weighted by Gasteiger charge is 2.52. The average Bonchev–Trinajstić information content (AvgIpc) is 2.69. The Balaban J connectivity index is 2.07. The zero-order chi connectivity index (χ0) is 11.9. The Hall–Kier alpha value is 1.09. The fourth-order valence-electron chi connectivity index (χ4n) is 2.06. The number of halogens is 1. The van der Waals surface area contributed by atoms with Crippen LogP contribution in [0.1, 0.15) is 13.8 Å². The second kappa shape index (κ2) is 4.99. The van der Waals surface area contributed by atoms with Crippen molar-refractivity contribution < 1.29 is 8.42 Å². The predicted octanol–water partition coefficient (Wildman–Crippen LogP) is 1.98. The molecule has 0 aromatic carbocycles. The first-order chi connectivity index (χ1) is 7.49. The summed E-state index contributed by atoms with van der Waals surface area (Å²) in [5.74, 6) is 0.336. The molecule has 7 heteroatoms. The Morgan fingerprint density at radius 2 is 1.94 bits per heavy atom. The van der Waals surface area contributed by atoms with Crippen LogP contribution >= 0.6 is 39.5 Å². The number of hydrogen-bond acceptors (Lipinski definition) is 5. The third-order valence-electron chi connectivity index (χ3n) is 3.04. The molecule has 0 aromatic heterocycles. The van der Waals surface area contributed by atoms with E-state index in [0.29, 0.717) is 10.5 Å². The van der Waals surface area contributed by atoms with Gasteiger partial charge in [0.1, 0.15) is 8.87 Å². The maximum atomic E-state index is 11.7. The minimum atomic E-state index is -2.89. The fraction of sp³-hybridized carbons (Fsp3) is 1.00. The van der Waals surface area contributed by atoms with E-state index in [9.17, 15) is 8.42 Å². The van der Waals surface area contributed by atoms with Crippen molar-refractivity contribution in [3.05, 3.63) is 0 Å². The molecule has 0 aliphatic carbocycles. The van der Waals surface area contributed by atoms with Gasteiger partial charge in [-0.05, 0) is 13.1 Å². The number of nitrogens with zero attached hydrogens (tertiary/aromatic N) is 1. The average molecular weight is 346 g/mol. The van der Waals surface area contributed by atoms with Crippen molar-refractivity contribution in [2.45, 2.75) is 33.2 Å². The molecule has 0 spiro atoms. The van der Waals surface area contributed by atoms with Gasteiger partial charge in [0.25, 0.3) is 0 Å². The van der Waals surface area contributed by atoms with Crippen LogP contribution in [0.2, 0.25) is 0 Å². The largest absolute Gasteiger partial charge is 0.284 e.